The molecule has 142 valence electrons. The van der Waals surface area contributed by atoms with Crippen molar-refractivity contribution >= 4 is 11.8 Å². The quantitative estimate of drug-likeness (QED) is 0.855. The van der Waals surface area contributed by atoms with E-state index < -0.39 is 0 Å². The number of carbonyl (C=O) groups is 2. The molecule has 1 unspecified atom stereocenters. The third-order valence-electron chi connectivity index (χ3n) is 5.20. The van der Waals surface area contributed by atoms with E-state index in [2.05, 4.69) is 5.32 Å². The van der Waals surface area contributed by atoms with Gasteiger partial charge < -0.3 is 16.0 Å². The molecule has 0 bridgehead atoms. The van der Waals surface area contributed by atoms with Crippen LogP contribution in [0, 0.1) is 5.92 Å². The highest BCUT2D eigenvalue weighted by atomic mass is 16.2. The minimum Gasteiger partial charge on any atom is -0.359 e. The number of rotatable bonds is 5. The molecule has 2 aromatic rings. The van der Waals surface area contributed by atoms with Crippen LogP contribution < -0.4 is 11.1 Å². The molecule has 1 atom stereocenters. The minimum atomic E-state index is 0.000188. The predicted octanol–water partition coefficient (Wildman–Crippen LogP) is 2.45. The van der Waals surface area contributed by atoms with Gasteiger partial charge in [-0.2, -0.15) is 0 Å². The zero-order valence-corrected chi connectivity index (χ0v) is 15.8. The average Bonchev–Trinajstić information content (AvgIpc) is 2.74. The van der Waals surface area contributed by atoms with Crippen molar-refractivity contribution in [1.82, 2.24) is 10.2 Å². The van der Waals surface area contributed by atoms with Gasteiger partial charge in [-0.25, -0.2) is 0 Å². The van der Waals surface area contributed by atoms with E-state index in [1.807, 2.05) is 53.4 Å². The molecule has 3 N–H and O–H groups in total. The number of likely N-dealkylation sites (N-methyl/N-ethyl adjacent to an activating group) is 1. The van der Waals surface area contributed by atoms with Gasteiger partial charge in [-0.3, -0.25) is 9.59 Å². The zero-order chi connectivity index (χ0) is 19.2. The maximum absolute atomic E-state index is 12.7. The number of likely N-dealkylation sites (tertiary alicyclic amines) is 1. The van der Waals surface area contributed by atoms with Crippen molar-refractivity contribution in [1.29, 1.82) is 0 Å². The van der Waals surface area contributed by atoms with Crippen molar-refractivity contribution in [3.05, 3.63) is 59.7 Å². The number of benzene rings is 2. The fourth-order valence-electron chi connectivity index (χ4n) is 3.52. The summed E-state index contributed by atoms with van der Waals surface area (Å²) in [5.41, 5.74) is 9.58. The lowest BCUT2D eigenvalue weighted by Crippen LogP contribution is -2.42. The summed E-state index contributed by atoms with van der Waals surface area (Å²) in [6.45, 7) is 2.20. The molecule has 1 saturated heterocycles. The second kappa shape index (κ2) is 8.82. The lowest BCUT2D eigenvalue weighted by atomic mass is 9.97. The SMILES string of the molecule is CNC(=O)Cc1ccc(-c2ccc(C(=O)N3CCCC(CN)C3)cc2)cc1. The molecule has 1 aliphatic rings. The summed E-state index contributed by atoms with van der Waals surface area (Å²) in [4.78, 5) is 26.1. The summed E-state index contributed by atoms with van der Waals surface area (Å²) >= 11 is 0. The summed E-state index contributed by atoms with van der Waals surface area (Å²) in [6.07, 6.45) is 2.51. The summed E-state index contributed by atoms with van der Waals surface area (Å²) in [6, 6.07) is 15.7. The van der Waals surface area contributed by atoms with Crippen molar-refractivity contribution < 1.29 is 9.59 Å². The molecule has 27 heavy (non-hydrogen) atoms. The first-order valence-corrected chi connectivity index (χ1v) is 9.50. The van der Waals surface area contributed by atoms with Crippen LogP contribution in [-0.4, -0.2) is 43.4 Å². The Balaban J connectivity index is 1.68. The van der Waals surface area contributed by atoms with Crippen molar-refractivity contribution in [2.45, 2.75) is 19.3 Å². The number of amides is 2. The first-order chi connectivity index (χ1) is 13.1. The normalized spacial score (nSPS) is 16.8. The summed E-state index contributed by atoms with van der Waals surface area (Å²) in [5, 5.41) is 2.63. The van der Waals surface area contributed by atoms with Gasteiger partial charge in [-0.05, 0) is 54.1 Å². The van der Waals surface area contributed by atoms with Crippen molar-refractivity contribution in [2.75, 3.05) is 26.7 Å². The molecular weight excluding hydrogens is 338 g/mol. The van der Waals surface area contributed by atoms with E-state index in [9.17, 15) is 9.59 Å². The van der Waals surface area contributed by atoms with E-state index >= 15 is 0 Å². The van der Waals surface area contributed by atoms with Gasteiger partial charge in [0, 0.05) is 25.7 Å². The maximum Gasteiger partial charge on any atom is 0.253 e. The largest absolute Gasteiger partial charge is 0.359 e. The molecule has 0 radical (unpaired) electrons. The molecule has 5 nitrogen and oxygen atoms in total. The Morgan fingerprint density at radius 1 is 1.07 bits per heavy atom. The Morgan fingerprint density at radius 3 is 2.30 bits per heavy atom. The molecule has 1 aliphatic heterocycles. The standard InChI is InChI=1S/C22H27N3O2/c1-24-21(26)13-16-4-6-18(7-5-16)19-8-10-20(11-9-19)22(27)25-12-2-3-17(14-23)15-25/h4-11,17H,2-3,12-15,23H2,1H3,(H,24,26). The number of nitrogens with two attached hydrogens (primary N) is 1. The van der Waals surface area contributed by atoms with Gasteiger partial charge in [-0.1, -0.05) is 36.4 Å². The Kier molecular flexibility index (Phi) is 6.24. The van der Waals surface area contributed by atoms with E-state index in [0.29, 0.717) is 24.4 Å². The van der Waals surface area contributed by atoms with Crippen LogP contribution in [0.2, 0.25) is 0 Å². The van der Waals surface area contributed by atoms with Gasteiger partial charge in [-0.15, -0.1) is 0 Å². The number of hydrogen-bond acceptors (Lipinski definition) is 3. The van der Waals surface area contributed by atoms with Crippen LogP contribution in [0.15, 0.2) is 48.5 Å². The van der Waals surface area contributed by atoms with Gasteiger partial charge in [0.1, 0.15) is 0 Å². The Labute approximate surface area is 160 Å². The molecule has 0 saturated carbocycles. The molecule has 5 heteroatoms. The summed E-state index contributed by atoms with van der Waals surface area (Å²) in [7, 11) is 1.64. The smallest absolute Gasteiger partial charge is 0.253 e. The van der Waals surface area contributed by atoms with E-state index in [-0.39, 0.29) is 11.8 Å². The van der Waals surface area contributed by atoms with Crippen LogP contribution >= 0.6 is 0 Å². The van der Waals surface area contributed by atoms with Crippen LogP contribution in [0.1, 0.15) is 28.8 Å². The predicted molar refractivity (Wildman–Crippen MR) is 107 cm³/mol. The van der Waals surface area contributed by atoms with Crippen molar-refractivity contribution in [2.24, 2.45) is 11.7 Å². The minimum absolute atomic E-state index is 0.000188. The molecule has 2 amide bonds. The zero-order valence-electron chi connectivity index (χ0n) is 15.8. The number of nitrogens with one attached hydrogen (secondary N) is 1. The van der Waals surface area contributed by atoms with Crippen LogP contribution in [0.5, 0.6) is 0 Å². The van der Waals surface area contributed by atoms with Gasteiger partial charge in [0.05, 0.1) is 6.42 Å². The van der Waals surface area contributed by atoms with E-state index in [0.717, 1.165) is 42.6 Å². The summed E-state index contributed by atoms with van der Waals surface area (Å²) in [5.74, 6) is 0.496. The first kappa shape index (κ1) is 19.1. The highest BCUT2D eigenvalue weighted by molar-refractivity contribution is 5.94. The summed E-state index contributed by atoms with van der Waals surface area (Å²) < 4.78 is 0. The lowest BCUT2D eigenvalue weighted by Gasteiger charge is -2.32. The fraction of sp³-hybridized carbons (Fsp3) is 0.364. The maximum atomic E-state index is 12.7. The second-order valence-corrected chi connectivity index (χ2v) is 7.12. The second-order valence-electron chi connectivity index (χ2n) is 7.12. The molecular formula is C22H27N3O2. The molecule has 0 spiro atoms. The lowest BCUT2D eigenvalue weighted by molar-refractivity contribution is -0.119. The van der Waals surface area contributed by atoms with Crippen LogP contribution in [0.4, 0.5) is 0 Å². The molecule has 0 aromatic heterocycles. The third-order valence-corrected chi connectivity index (χ3v) is 5.20. The number of nitrogens with zero attached hydrogens (tertiary/aromatic N) is 1. The van der Waals surface area contributed by atoms with Gasteiger partial charge in [0.2, 0.25) is 5.91 Å². The Bertz CT molecular complexity index is 784. The number of piperidine rings is 1. The molecule has 0 aliphatic carbocycles. The van der Waals surface area contributed by atoms with Gasteiger partial charge in [0.25, 0.3) is 5.91 Å². The van der Waals surface area contributed by atoms with Crippen LogP contribution in [0.3, 0.4) is 0 Å². The highest BCUT2D eigenvalue weighted by Gasteiger charge is 2.23. The Morgan fingerprint density at radius 2 is 1.70 bits per heavy atom. The molecule has 3 rings (SSSR count). The van der Waals surface area contributed by atoms with E-state index in [1.54, 1.807) is 7.05 Å². The third kappa shape index (κ3) is 4.74. The monoisotopic (exact) mass is 365 g/mol. The number of hydrogen-bond donors (Lipinski definition) is 2. The van der Waals surface area contributed by atoms with E-state index in [4.69, 9.17) is 5.73 Å². The van der Waals surface area contributed by atoms with Crippen molar-refractivity contribution in [3.63, 3.8) is 0 Å². The van der Waals surface area contributed by atoms with Crippen molar-refractivity contribution in [3.8, 4) is 11.1 Å². The average molecular weight is 365 g/mol. The number of carbonyl (C=O) groups excluding carboxylic acids is 2. The molecule has 1 heterocycles. The van der Waals surface area contributed by atoms with Crippen LogP contribution in [0.25, 0.3) is 11.1 Å². The molecule has 1 fully saturated rings. The fourth-order valence-corrected chi connectivity index (χ4v) is 3.52. The molecule has 2 aromatic carbocycles. The van der Waals surface area contributed by atoms with E-state index in [1.165, 1.54) is 0 Å². The Hall–Kier alpha value is -2.66. The van der Waals surface area contributed by atoms with Gasteiger partial charge >= 0.3 is 0 Å². The first-order valence-electron chi connectivity index (χ1n) is 9.50. The van der Waals surface area contributed by atoms with Gasteiger partial charge in [0.15, 0.2) is 0 Å². The topological polar surface area (TPSA) is 75.4 Å². The highest BCUT2D eigenvalue weighted by Crippen LogP contribution is 2.22. The van der Waals surface area contributed by atoms with Crippen LogP contribution in [-0.2, 0) is 11.2 Å².